The fourth-order valence-corrected chi connectivity index (χ4v) is 4.15. The summed E-state index contributed by atoms with van der Waals surface area (Å²) in [6.45, 7) is 0.631. The van der Waals surface area contributed by atoms with Crippen LogP contribution in [0.4, 0.5) is 0 Å². The predicted molar refractivity (Wildman–Crippen MR) is 120 cm³/mol. The molecule has 0 N–H and O–H groups in total. The zero-order chi connectivity index (χ0) is 21.0. The van der Waals surface area contributed by atoms with Gasteiger partial charge in [0, 0.05) is 10.6 Å². The molecule has 0 aliphatic carbocycles. The van der Waals surface area contributed by atoms with Crippen molar-refractivity contribution < 1.29 is 8.83 Å². The number of nitrogens with zero attached hydrogens (tertiary/aromatic N) is 4. The van der Waals surface area contributed by atoms with E-state index in [1.807, 2.05) is 59.2 Å². The number of furan rings is 1. The molecule has 0 saturated carbocycles. The van der Waals surface area contributed by atoms with Crippen molar-refractivity contribution in [3.63, 3.8) is 0 Å². The second-order valence-electron chi connectivity index (χ2n) is 6.77. The van der Waals surface area contributed by atoms with E-state index in [-0.39, 0.29) is 0 Å². The van der Waals surface area contributed by atoms with Crippen molar-refractivity contribution in [1.29, 1.82) is 0 Å². The number of aromatic nitrogens is 4. The highest BCUT2D eigenvalue weighted by Crippen LogP contribution is 2.29. The first-order valence-electron chi connectivity index (χ1n) is 9.61. The lowest BCUT2D eigenvalue weighted by Gasteiger charge is -2.08. The van der Waals surface area contributed by atoms with Crippen molar-refractivity contribution in [2.24, 2.45) is 0 Å². The minimum Gasteiger partial charge on any atom is -0.461 e. The van der Waals surface area contributed by atoms with Crippen molar-refractivity contribution in [3.05, 3.63) is 95.7 Å². The molecule has 0 spiro atoms. The van der Waals surface area contributed by atoms with Crippen LogP contribution in [-0.2, 0) is 12.3 Å². The van der Waals surface area contributed by atoms with Crippen LogP contribution in [0.15, 0.2) is 93.2 Å². The van der Waals surface area contributed by atoms with Crippen LogP contribution in [0, 0.1) is 0 Å². The molecule has 6 nitrogen and oxygen atoms in total. The molecule has 0 radical (unpaired) electrons. The van der Waals surface area contributed by atoms with Gasteiger partial charge in [-0.05, 0) is 29.8 Å². The van der Waals surface area contributed by atoms with Gasteiger partial charge in [-0.15, -0.1) is 10.2 Å². The largest absolute Gasteiger partial charge is 0.461 e. The fourth-order valence-electron chi connectivity index (χ4n) is 3.17. The zero-order valence-corrected chi connectivity index (χ0v) is 17.9. The smallest absolute Gasteiger partial charge is 0.205 e. The Bertz CT molecular complexity index is 1280. The van der Waals surface area contributed by atoms with E-state index in [2.05, 4.69) is 27.3 Å². The Morgan fingerprint density at radius 2 is 1.84 bits per heavy atom. The number of hydrogen-bond acceptors (Lipinski definition) is 6. The number of halogens is 1. The fraction of sp³-hybridized carbons (Fsp3) is 0.0870. The van der Waals surface area contributed by atoms with Crippen LogP contribution < -0.4 is 0 Å². The van der Waals surface area contributed by atoms with E-state index in [1.54, 1.807) is 12.5 Å². The van der Waals surface area contributed by atoms with Gasteiger partial charge >= 0.3 is 0 Å². The molecule has 3 heterocycles. The van der Waals surface area contributed by atoms with Crippen LogP contribution in [0.5, 0.6) is 0 Å². The van der Waals surface area contributed by atoms with Gasteiger partial charge in [-0.3, -0.25) is 4.57 Å². The van der Waals surface area contributed by atoms with Gasteiger partial charge in [-0.1, -0.05) is 65.8 Å². The molecule has 3 aromatic heterocycles. The van der Waals surface area contributed by atoms with Crippen LogP contribution in [0.3, 0.4) is 0 Å². The average Bonchev–Trinajstić information content (AvgIpc) is 3.54. The minimum atomic E-state index is 0.519. The highest BCUT2D eigenvalue weighted by molar-refractivity contribution is 7.98. The molecule has 31 heavy (non-hydrogen) atoms. The van der Waals surface area contributed by atoms with E-state index in [0.717, 1.165) is 16.3 Å². The van der Waals surface area contributed by atoms with Gasteiger partial charge in [0.05, 0.1) is 24.8 Å². The molecule has 0 unspecified atom stereocenters. The second-order valence-corrected chi connectivity index (χ2v) is 8.15. The summed E-state index contributed by atoms with van der Waals surface area (Å²) < 4.78 is 13.5. The van der Waals surface area contributed by atoms with Crippen molar-refractivity contribution in [2.75, 3.05) is 0 Å². The summed E-state index contributed by atoms with van der Waals surface area (Å²) in [6, 6.07) is 21.4. The summed E-state index contributed by atoms with van der Waals surface area (Å²) in [5, 5.41) is 10.2. The predicted octanol–water partition coefficient (Wildman–Crippen LogP) is 6.19. The van der Waals surface area contributed by atoms with Gasteiger partial charge in [-0.2, -0.15) is 0 Å². The molecular weight excluding hydrogens is 432 g/mol. The van der Waals surface area contributed by atoms with Crippen molar-refractivity contribution in [3.8, 4) is 22.9 Å². The third kappa shape index (κ3) is 4.42. The summed E-state index contributed by atoms with van der Waals surface area (Å²) in [4.78, 5) is 4.40. The number of oxazole rings is 1. The van der Waals surface area contributed by atoms with Gasteiger partial charge in [-0.25, -0.2) is 4.98 Å². The molecule has 0 amide bonds. The quantitative estimate of drug-likeness (QED) is 0.276. The lowest BCUT2D eigenvalue weighted by Crippen LogP contribution is -2.03. The van der Waals surface area contributed by atoms with E-state index in [4.69, 9.17) is 20.4 Å². The lowest BCUT2D eigenvalue weighted by molar-refractivity contribution is 0.529. The highest BCUT2D eigenvalue weighted by atomic mass is 35.5. The zero-order valence-electron chi connectivity index (χ0n) is 16.3. The molecule has 5 rings (SSSR count). The molecule has 0 fully saturated rings. The SMILES string of the molecule is Clc1cccc(-c2cnc(CSc3nnc(-c4ccco4)n3Cc3ccccc3)o2)c1. The Kier molecular flexibility index (Phi) is 5.60. The summed E-state index contributed by atoms with van der Waals surface area (Å²) in [5.41, 5.74) is 2.04. The van der Waals surface area contributed by atoms with Gasteiger partial charge in [0.2, 0.25) is 11.7 Å². The van der Waals surface area contributed by atoms with Crippen LogP contribution in [0.25, 0.3) is 22.9 Å². The van der Waals surface area contributed by atoms with Crippen molar-refractivity contribution in [2.45, 2.75) is 17.5 Å². The van der Waals surface area contributed by atoms with Gasteiger partial charge in [0.15, 0.2) is 16.7 Å². The van der Waals surface area contributed by atoms with Gasteiger partial charge in [0.25, 0.3) is 0 Å². The Balaban J connectivity index is 1.38. The van der Waals surface area contributed by atoms with Crippen LogP contribution in [-0.4, -0.2) is 19.7 Å². The monoisotopic (exact) mass is 448 g/mol. The summed E-state index contributed by atoms with van der Waals surface area (Å²) in [6.07, 6.45) is 3.35. The molecule has 2 aromatic carbocycles. The topological polar surface area (TPSA) is 69.9 Å². The third-order valence-corrected chi connectivity index (χ3v) is 5.82. The number of thioether (sulfide) groups is 1. The van der Waals surface area contributed by atoms with E-state index in [9.17, 15) is 0 Å². The molecular formula is C23H17ClN4O2S. The summed E-state index contributed by atoms with van der Waals surface area (Å²) in [7, 11) is 0. The maximum atomic E-state index is 6.08. The van der Waals surface area contributed by atoms with E-state index in [0.29, 0.717) is 40.6 Å². The van der Waals surface area contributed by atoms with Crippen molar-refractivity contribution in [1.82, 2.24) is 19.7 Å². The summed E-state index contributed by atoms with van der Waals surface area (Å²) >= 11 is 7.59. The molecule has 0 atom stereocenters. The van der Waals surface area contributed by atoms with Gasteiger partial charge in [0.1, 0.15) is 0 Å². The van der Waals surface area contributed by atoms with E-state index >= 15 is 0 Å². The van der Waals surface area contributed by atoms with Crippen LogP contribution in [0.2, 0.25) is 5.02 Å². The first-order valence-corrected chi connectivity index (χ1v) is 11.0. The molecule has 0 aliphatic rings. The standard InChI is InChI=1S/C23H17ClN4O2S/c24-18-9-4-8-17(12-18)20-13-25-21(30-20)15-31-23-27-26-22(19-10-5-11-29-19)28(23)14-16-6-2-1-3-7-16/h1-13H,14-15H2. The van der Waals surface area contributed by atoms with Crippen LogP contribution >= 0.6 is 23.4 Å². The Morgan fingerprint density at radius 3 is 2.65 bits per heavy atom. The van der Waals surface area contributed by atoms with Gasteiger partial charge < -0.3 is 8.83 Å². The minimum absolute atomic E-state index is 0.519. The second kappa shape index (κ2) is 8.83. The molecule has 0 bridgehead atoms. The van der Waals surface area contributed by atoms with Crippen LogP contribution in [0.1, 0.15) is 11.5 Å². The first kappa shape index (κ1) is 19.7. The molecule has 0 saturated heterocycles. The molecule has 154 valence electrons. The Hall–Kier alpha value is -3.29. The Morgan fingerprint density at radius 1 is 0.935 bits per heavy atom. The molecule has 0 aliphatic heterocycles. The first-order chi connectivity index (χ1) is 15.3. The molecule has 8 heteroatoms. The lowest BCUT2D eigenvalue weighted by atomic mass is 10.2. The summed E-state index contributed by atoms with van der Waals surface area (Å²) in [5.74, 6) is 3.16. The average molecular weight is 449 g/mol. The number of rotatable bonds is 7. The van der Waals surface area contributed by atoms with E-state index in [1.165, 1.54) is 11.8 Å². The van der Waals surface area contributed by atoms with Crippen molar-refractivity contribution >= 4 is 23.4 Å². The Labute approximate surface area is 187 Å². The number of hydrogen-bond donors (Lipinski definition) is 0. The normalized spacial score (nSPS) is 11.1. The highest BCUT2D eigenvalue weighted by Gasteiger charge is 2.18. The van der Waals surface area contributed by atoms with E-state index < -0.39 is 0 Å². The third-order valence-electron chi connectivity index (χ3n) is 4.63. The maximum absolute atomic E-state index is 6.08. The maximum Gasteiger partial charge on any atom is 0.205 e. The molecule has 5 aromatic rings. The number of benzene rings is 2.